The summed E-state index contributed by atoms with van der Waals surface area (Å²) in [6, 6.07) is 15.1. The van der Waals surface area contributed by atoms with E-state index in [0.29, 0.717) is 11.5 Å². The number of aromatic nitrogens is 1. The third kappa shape index (κ3) is 2.74. The second-order valence-electron chi connectivity index (χ2n) is 5.00. The van der Waals surface area contributed by atoms with Crippen LogP contribution in [0.2, 0.25) is 0 Å². The Kier molecular flexibility index (Phi) is 3.36. The molecular weight excluding hydrogens is 262 g/mol. The molecule has 0 fully saturated rings. The van der Waals surface area contributed by atoms with Gasteiger partial charge in [-0.25, -0.2) is 4.98 Å². The number of rotatable bonds is 2. The van der Waals surface area contributed by atoms with Crippen molar-refractivity contribution in [1.82, 2.24) is 4.98 Å². The van der Waals surface area contributed by atoms with Crippen molar-refractivity contribution >= 4 is 22.3 Å². The van der Waals surface area contributed by atoms with Gasteiger partial charge in [0.05, 0.1) is 0 Å². The van der Waals surface area contributed by atoms with Crippen molar-refractivity contribution in [3.63, 3.8) is 0 Å². The molecule has 1 heterocycles. The van der Waals surface area contributed by atoms with E-state index >= 15 is 0 Å². The number of phenolic OH excluding ortho intramolecular Hbond substituents is 1. The molecule has 0 aliphatic carbocycles. The highest BCUT2D eigenvalue weighted by Crippen LogP contribution is 2.35. The summed E-state index contributed by atoms with van der Waals surface area (Å²) in [5.74, 6) is 0.654. The predicted octanol–water partition coefficient (Wildman–Crippen LogP) is 4.97. The number of hydrogen-bond donors (Lipinski definition) is 1. The van der Waals surface area contributed by atoms with Gasteiger partial charge in [0.15, 0.2) is 5.82 Å². The number of nitrogens with zero attached hydrogens (tertiary/aromatic N) is 3. The van der Waals surface area contributed by atoms with E-state index in [0.717, 1.165) is 22.0 Å². The molecule has 0 amide bonds. The molecular formula is C17H15N3O. The van der Waals surface area contributed by atoms with E-state index in [1.165, 1.54) is 0 Å². The van der Waals surface area contributed by atoms with Crippen molar-refractivity contribution < 1.29 is 5.11 Å². The maximum absolute atomic E-state index is 10.0. The van der Waals surface area contributed by atoms with Gasteiger partial charge in [0.1, 0.15) is 11.4 Å². The highest BCUT2D eigenvalue weighted by Gasteiger charge is 2.06. The lowest BCUT2D eigenvalue weighted by Gasteiger charge is -2.03. The molecule has 0 aliphatic rings. The Hall–Kier alpha value is -2.75. The van der Waals surface area contributed by atoms with E-state index in [4.69, 9.17) is 0 Å². The number of aromatic hydroxyl groups is 1. The number of hydrogen-bond acceptors (Lipinski definition) is 4. The molecule has 4 nitrogen and oxygen atoms in total. The van der Waals surface area contributed by atoms with Crippen LogP contribution in [-0.2, 0) is 0 Å². The van der Waals surface area contributed by atoms with Crippen molar-refractivity contribution in [3.8, 4) is 5.75 Å². The average Bonchev–Trinajstić information content (AvgIpc) is 2.45. The topological polar surface area (TPSA) is 57.8 Å². The molecule has 0 aliphatic heterocycles. The molecule has 3 aromatic rings. The molecule has 0 saturated heterocycles. The molecule has 104 valence electrons. The zero-order valence-corrected chi connectivity index (χ0v) is 11.9. The lowest BCUT2D eigenvalue weighted by atomic mass is 10.1. The smallest absolute Gasteiger partial charge is 0.174 e. The van der Waals surface area contributed by atoms with Crippen LogP contribution in [-0.4, -0.2) is 10.1 Å². The minimum absolute atomic E-state index is 0.113. The van der Waals surface area contributed by atoms with Gasteiger partial charge in [0.25, 0.3) is 0 Å². The first-order valence-corrected chi connectivity index (χ1v) is 6.71. The van der Waals surface area contributed by atoms with Gasteiger partial charge in [-0.15, -0.1) is 10.2 Å². The Morgan fingerprint density at radius 1 is 0.952 bits per heavy atom. The first-order chi connectivity index (χ1) is 10.1. The van der Waals surface area contributed by atoms with Gasteiger partial charge < -0.3 is 5.11 Å². The van der Waals surface area contributed by atoms with Crippen LogP contribution in [0.4, 0.5) is 11.5 Å². The molecule has 0 bridgehead atoms. The number of aryl methyl sites for hydroxylation is 2. The van der Waals surface area contributed by atoms with E-state index in [2.05, 4.69) is 15.2 Å². The average molecular weight is 277 g/mol. The van der Waals surface area contributed by atoms with Crippen molar-refractivity contribution in [2.75, 3.05) is 0 Å². The van der Waals surface area contributed by atoms with Gasteiger partial charge in [-0.1, -0.05) is 30.3 Å². The Morgan fingerprint density at radius 3 is 2.57 bits per heavy atom. The maximum atomic E-state index is 10.0. The molecule has 3 rings (SSSR count). The summed E-state index contributed by atoms with van der Waals surface area (Å²) in [5.41, 5.74) is 2.44. The highest BCUT2D eigenvalue weighted by molar-refractivity contribution is 5.95. The maximum Gasteiger partial charge on any atom is 0.174 e. The summed E-state index contributed by atoms with van der Waals surface area (Å²) >= 11 is 0. The minimum Gasteiger partial charge on any atom is -0.506 e. The number of phenols is 1. The zero-order chi connectivity index (χ0) is 14.8. The fourth-order valence-corrected chi connectivity index (χ4v) is 2.32. The Bertz CT molecular complexity index is 820. The standard InChI is InChI=1S/C17H15N3O/c1-11-9-12(2)18-16(10-11)19-20-17-14-6-4-3-5-13(14)7-8-15(17)21/h3-10,21H,1-2H3. The zero-order valence-electron chi connectivity index (χ0n) is 11.9. The van der Waals surface area contributed by atoms with Gasteiger partial charge in [-0.05, 0) is 43.0 Å². The van der Waals surface area contributed by atoms with Crippen molar-refractivity contribution in [3.05, 3.63) is 59.8 Å². The van der Waals surface area contributed by atoms with E-state index in [-0.39, 0.29) is 5.75 Å². The lowest BCUT2D eigenvalue weighted by molar-refractivity contribution is 0.477. The molecule has 0 spiro atoms. The molecule has 0 saturated carbocycles. The molecule has 2 aromatic carbocycles. The molecule has 0 unspecified atom stereocenters. The summed E-state index contributed by atoms with van der Waals surface area (Å²) < 4.78 is 0. The van der Waals surface area contributed by atoms with Gasteiger partial charge in [0, 0.05) is 11.1 Å². The van der Waals surface area contributed by atoms with Crippen LogP contribution in [0.25, 0.3) is 10.8 Å². The fourth-order valence-electron chi connectivity index (χ4n) is 2.32. The normalized spacial score (nSPS) is 11.3. The van der Waals surface area contributed by atoms with Crippen LogP contribution in [0.5, 0.6) is 5.75 Å². The molecule has 0 atom stereocenters. The molecule has 21 heavy (non-hydrogen) atoms. The van der Waals surface area contributed by atoms with Crippen LogP contribution in [0, 0.1) is 13.8 Å². The first kappa shape index (κ1) is 13.2. The van der Waals surface area contributed by atoms with Crippen LogP contribution < -0.4 is 0 Å². The minimum atomic E-state index is 0.113. The highest BCUT2D eigenvalue weighted by atomic mass is 16.3. The second kappa shape index (κ2) is 5.32. The Morgan fingerprint density at radius 2 is 1.76 bits per heavy atom. The predicted molar refractivity (Wildman–Crippen MR) is 83.5 cm³/mol. The van der Waals surface area contributed by atoms with E-state index < -0.39 is 0 Å². The third-order valence-electron chi connectivity index (χ3n) is 3.22. The largest absolute Gasteiger partial charge is 0.506 e. The van der Waals surface area contributed by atoms with Crippen LogP contribution in [0.1, 0.15) is 11.3 Å². The lowest BCUT2D eigenvalue weighted by Crippen LogP contribution is -1.82. The van der Waals surface area contributed by atoms with Crippen LogP contribution in [0.3, 0.4) is 0 Å². The number of fused-ring (bicyclic) bond motifs is 1. The first-order valence-electron chi connectivity index (χ1n) is 6.71. The summed E-state index contributed by atoms with van der Waals surface area (Å²) in [4.78, 5) is 4.32. The quantitative estimate of drug-likeness (QED) is 0.672. The summed E-state index contributed by atoms with van der Waals surface area (Å²) in [6.07, 6.45) is 0. The molecule has 0 radical (unpaired) electrons. The van der Waals surface area contributed by atoms with E-state index in [9.17, 15) is 5.11 Å². The third-order valence-corrected chi connectivity index (χ3v) is 3.22. The monoisotopic (exact) mass is 277 g/mol. The SMILES string of the molecule is Cc1cc(C)nc(N=Nc2c(O)ccc3ccccc23)c1. The number of benzene rings is 2. The summed E-state index contributed by atoms with van der Waals surface area (Å²) in [6.45, 7) is 3.91. The summed E-state index contributed by atoms with van der Waals surface area (Å²) in [7, 11) is 0. The summed E-state index contributed by atoms with van der Waals surface area (Å²) in [5, 5.41) is 20.3. The van der Waals surface area contributed by atoms with Gasteiger partial charge in [0.2, 0.25) is 0 Å². The van der Waals surface area contributed by atoms with Crippen LogP contribution in [0.15, 0.2) is 58.8 Å². The fraction of sp³-hybridized carbons (Fsp3) is 0.118. The molecule has 1 N–H and O–H groups in total. The van der Waals surface area contributed by atoms with Crippen LogP contribution >= 0.6 is 0 Å². The van der Waals surface area contributed by atoms with Crippen molar-refractivity contribution in [1.29, 1.82) is 0 Å². The molecule has 1 aromatic heterocycles. The van der Waals surface area contributed by atoms with E-state index in [1.807, 2.05) is 56.3 Å². The van der Waals surface area contributed by atoms with Crippen molar-refractivity contribution in [2.45, 2.75) is 13.8 Å². The molecule has 4 heteroatoms. The Labute approximate surface area is 122 Å². The van der Waals surface area contributed by atoms with Gasteiger partial charge >= 0.3 is 0 Å². The van der Waals surface area contributed by atoms with Gasteiger partial charge in [-0.3, -0.25) is 0 Å². The Balaban J connectivity index is 2.08. The van der Waals surface area contributed by atoms with E-state index in [1.54, 1.807) is 6.07 Å². The van der Waals surface area contributed by atoms with Gasteiger partial charge in [-0.2, -0.15) is 0 Å². The number of azo groups is 1. The van der Waals surface area contributed by atoms with Crippen molar-refractivity contribution in [2.24, 2.45) is 10.2 Å². The number of pyridine rings is 1. The second-order valence-corrected chi connectivity index (χ2v) is 5.00.